The summed E-state index contributed by atoms with van der Waals surface area (Å²) in [5, 5.41) is 2.22. The molecule has 136 valence electrons. The van der Waals surface area contributed by atoms with Crippen molar-refractivity contribution in [2.24, 2.45) is 0 Å². The number of nitrogens with one attached hydrogen (secondary N) is 1. The van der Waals surface area contributed by atoms with Gasteiger partial charge in [-0.2, -0.15) is 8.42 Å². The SMILES string of the molecule is CCNC(=O)N(Cc1ccc(OS(=O)(=O)C(C)C)cc1)[C@@H](C)CC. The van der Waals surface area contributed by atoms with Crippen molar-refractivity contribution in [3.8, 4) is 5.75 Å². The Morgan fingerprint density at radius 1 is 1.17 bits per heavy atom. The Morgan fingerprint density at radius 2 is 1.75 bits per heavy atom. The second kappa shape index (κ2) is 8.92. The quantitative estimate of drug-likeness (QED) is 0.726. The fourth-order valence-electron chi connectivity index (χ4n) is 1.98. The Hall–Kier alpha value is -1.76. The maximum atomic E-state index is 12.2. The van der Waals surface area contributed by atoms with Crippen LogP contribution in [0.25, 0.3) is 0 Å². The second-order valence-electron chi connectivity index (χ2n) is 5.99. The summed E-state index contributed by atoms with van der Waals surface area (Å²) >= 11 is 0. The minimum absolute atomic E-state index is 0.102. The van der Waals surface area contributed by atoms with Crippen molar-refractivity contribution in [2.45, 2.75) is 58.9 Å². The molecule has 1 rings (SSSR count). The van der Waals surface area contributed by atoms with Crippen LogP contribution in [-0.2, 0) is 16.7 Å². The smallest absolute Gasteiger partial charge is 0.317 e. The van der Waals surface area contributed by atoms with Crippen LogP contribution in [0.15, 0.2) is 24.3 Å². The van der Waals surface area contributed by atoms with Crippen LogP contribution in [0.4, 0.5) is 4.79 Å². The standard InChI is InChI=1S/C17H28N2O4S/c1-6-14(5)19(17(20)18-7-2)12-15-8-10-16(11-9-15)23-24(21,22)13(3)4/h8-11,13-14H,6-7,12H2,1-5H3,(H,18,20)/t14-/m0/s1. The number of benzene rings is 1. The lowest BCUT2D eigenvalue weighted by atomic mass is 10.1. The van der Waals surface area contributed by atoms with Gasteiger partial charge in [0.05, 0.1) is 5.25 Å². The van der Waals surface area contributed by atoms with E-state index in [1.807, 2.05) is 20.8 Å². The van der Waals surface area contributed by atoms with E-state index in [0.717, 1.165) is 12.0 Å². The molecule has 1 aromatic carbocycles. The van der Waals surface area contributed by atoms with Crippen LogP contribution in [-0.4, -0.2) is 37.2 Å². The monoisotopic (exact) mass is 356 g/mol. The second-order valence-corrected chi connectivity index (χ2v) is 8.08. The summed E-state index contributed by atoms with van der Waals surface area (Å²) in [6.07, 6.45) is 0.852. The molecular formula is C17H28N2O4S. The van der Waals surface area contributed by atoms with Crippen LogP contribution in [0.1, 0.15) is 46.6 Å². The first-order valence-corrected chi connectivity index (χ1v) is 9.75. The predicted molar refractivity (Wildman–Crippen MR) is 95.5 cm³/mol. The molecule has 6 nitrogen and oxygen atoms in total. The minimum atomic E-state index is -3.60. The molecule has 0 bridgehead atoms. The summed E-state index contributed by atoms with van der Waals surface area (Å²) in [6.45, 7) is 10.1. The summed E-state index contributed by atoms with van der Waals surface area (Å²) in [7, 11) is -3.60. The highest BCUT2D eigenvalue weighted by Gasteiger charge is 2.20. The molecule has 0 fully saturated rings. The Kier molecular flexibility index (Phi) is 7.54. The molecular weight excluding hydrogens is 328 g/mol. The van der Waals surface area contributed by atoms with Crippen molar-refractivity contribution in [3.63, 3.8) is 0 Å². The van der Waals surface area contributed by atoms with Crippen molar-refractivity contribution >= 4 is 16.1 Å². The van der Waals surface area contributed by atoms with Gasteiger partial charge >= 0.3 is 16.1 Å². The number of rotatable bonds is 8. The van der Waals surface area contributed by atoms with E-state index in [1.165, 1.54) is 0 Å². The minimum Gasteiger partial charge on any atom is -0.382 e. The van der Waals surface area contributed by atoms with Gasteiger partial charge in [-0.05, 0) is 51.8 Å². The summed E-state index contributed by atoms with van der Waals surface area (Å²) in [6, 6.07) is 6.78. The van der Waals surface area contributed by atoms with E-state index in [2.05, 4.69) is 5.32 Å². The maximum Gasteiger partial charge on any atom is 0.317 e. The van der Waals surface area contributed by atoms with Crippen LogP contribution >= 0.6 is 0 Å². The van der Waals surface area contributed by atoms with Crippen molar-refractivity contribution in [2.75, 3.05) is 6.54 Å². The van der Waals surface area contributed by atoms with Crippen molar-refractivity contribution in [1.82, 2.24) is 10.2 Å². The van der Waals surface area contributed by atoms with E-state index < -0.39 is 15.4 Å². The third-order valence-electron chi connectivity index (χ3n) is 3.78. The first-order valence-electron chi connectivity index (χ1n) is 8.27. The molecule has 0 unspecified atom stereocenters. The first kappa shape index (κ1) is 20.3. The van der Waals surface area contributed by atoms with Gasteiger partial charge in [-0.15, -0.1) is 0 Å². The van der Waals surface area contributed by atoms with Gasteiger partial charge in [0.1, 0.15) is 5.75 Å². The van der Waals surface area contributed by atoms with Crippen LogP contribution in [0.2, 0.25) is 0 Å². The molecule has 7 heteroatoms. The molecule has 24 heavy (non-hydrogen) atoms. The molecule has 0 saturated carbocycles. The predicted octanol–water partition coefficient (Wildman–Crippen LogP) is 3.13. The van der Waals surface area contributed by atoms with Gasteiger partial charge in [-0.3, -0.25) is 0 Å². The highest BCUT2D eigenvalue weighted by Crippen LogP contribution is 2.18. The molecule has 0 spiro atoms. The highest BCUT2D eigenvalue weighted by molar-refractivity contribution is 7.87. The molecule has 1 aromatic rings. The van der Waals surface area contributed by atoms with Crippen LogP contribution in [0.3, 0.4) is 0 Å². The van der Waals surface area contributed by atoms with Crippen molar-refractivity contribution in [3.05, 3.63) is 29.8 Å². The number of carbonyl (C=O) groups is 1. The van der Waals surface area contributed by atoms with E-state index >= 15 is 0 Å². The average molecular weight is 356 g/mol. The Balaban J connectivity index is 2.85. The molecule has 0 aromatic heterocycles. The summed E-state index contributed by atoms with van der Waals surface area (Å²) < 4.78 is 28.6. The van der Waals surface area contributed by atoms with E-state index in [4.69, 9.17) is 4.18 Å². The lowest BCUT2D eigenvalue weighted by Crippen LogP contribution is -2.44. The van der Waals surface area contributed by atoms with Gasteiger partial charge < -0.3 is 14.4 Å². The van der Waals surface area contributed by atoms with E-state index in [-0.39, 0.29) is 17.8 Å². The zero-order valence-electron chi connectivity index (χ0n) is 15.1. The van der Waals surface area contributed by atoms with Crippen molar-refractivity contribution in [1.29, 1.82) is 0 Å². The number of hydrogen-bond acceptors (Lipinski definition) is 4. The van der Waals surface area contributed by atoms with Crippen LogP contribution < -0.4 is 9.50 Å². The average Bonchev–Trinajstić information content (AvgIpc) is 2.53. The lowest BCUT2D eigenvalue weighted by Gasteiger charge is -2.28. The Morgan fingerprint density at radius 3 is 2.21 bits per heavy atom. The van der Waals surface area contributed by atoms with Gasteiger partial charge in [-0.1, -0.05) is 19.1 Å². The molecule has 0 aliphatic carbocycles. The number of carbonyl (C=O) groups excluding carboxylic acids is 1. The summed E-state index contributed by atoms with van der Waals surface area (Å²) in [5.74, 6) is 0.278. The molecule has 0 saturated heterocycles. The molecule has 1 atom stereocenters. The molecule has 0 aliphatic rings. The zero-order chi connectivity index (χ0) is 18.3. The highest BCUT2D eigenvalue weighted by atomic mass is 32.2. The zero-order valence-corrected chi connectivity index (χ0v) is 15.9. The molecule has 1 N–H and O–H groups in total. The van der Waals surface area contributed by atoms with Gasteiger partial charge in [0.2, 0.25) is 0 Å². The Labute approximate surface area is 145 Å². The lowest BCUT2D eigenvalue weighted by molar-refractivity contribution is 0.174. The van der Waals surface area contributed by atoms with Gasteiger partial charge in [-0.25, -0.2) is 4.79 Å². The molecule has 2 amide bonds. The van der Waals surface area contributed by atoms with E-state index in [1.54, 1.807) is 43.0 Å². The van der Waals surface area contributed by atoms with Crippen LogP contribution in [0.5, 0.6) is 5.75 Å². The number of amides is 2. The van der Waals surface area contributed by atoms with Gasteiger partial charge in [0.15, 0.2) is 0 Å². The molecule has 0 radical (unpaired) electrons. The largest absolute Gasteiger partial charge is 0.382 e. The van der Waals surface area contributed by atoms with E-state index in [9.17, 15) is 13.2 Å². The topological polar surface area (TPSA) is 75.7 Å². The van der Waals surface area contributed by atoms with Crippen LogP contribution in [0, 0.1) is 0 Å². The third-order valence-corrected chi connectivity index (χ3v) is 5.36. The van der Waals surface area contributed by atoms with E-state index in [0.29, 0.717) is 13.1 Å². The number of urea groups is 1. The maximum absolute atomic E-state index is 12.2. The fourth-order valence-corrected chi connectivity index (χ4v) is 2.55. The molecule has 0 aliphatic heterocycles. The Bertz CT molecular complexity index is 626. The van der Waals surface area contributed by atoms with Gasteiger partial charge in [0.25, 0.3) is 0 Å². The number of hydrogen-bond donors (Lipinski definition) is 1. The number of nitrogens with zero attached hydrogens (tertiary/aromatic N) is 1. The summed E-state index contributed by atoms with van der Waals surface area (Å²) in [5.41, 5.74) is 0.913. The van der Waals surface area contributed by atoms with Gasteiger partial charge in [0, 0.05) is 19.1 Å². The first-order chi connectivity index (χ1) is 11.2. The molecule has 0 heterocycles. The normalized spacial score (nSPS) is 12.8. The third kappa shape index (κ3) is 5.70. The summed E-state index contributed by atoms with van der Waals surface area (Å²) in [4.78, 5) is 14.0. The van der Waals surface area contributed by atoms with Crippen molar-refractivity contribution < 1.29 is 17.4 Å². The fraction of sp³-hybridized carbons (Fsp3) is 0.588.